The Labute approximate surface area is 106 Å². The molecule has 0 bridgehead atoms. The van der Waals surface area contributed by atoms with Gasteiger partial charge >= 0.3 is 0 Å². The normalized spacial score (nSPS) is 15.6. The molecule has 17 heavy (non-hydrogen) atoms. The third kappa shape index (κ3) is 4.16. The van der Waals surface area contributed by atoms with E-state index < -0.39 is 0 Å². The van der Waals surface area contributed by atoms with Crippen LogP contribution < -0.4 is 5.73 Å². The highest BCUT2D eigenvalue weighted by Crippen LogP contribution is 2.25. The van der Waals surface area contributed by atoms with Crippen molar-refractivity contribution in [3.63, 3.8) is 0 Å². The molecule has 1 aromatic rings. The van der Waals surface area contributed by atoms with E-state index in [4.69, 9.17) is 5.73 Å². The van der Waals surface area contributed by atoms with Crippen LogP contribution in [0.4, 0.5) is 0 Å². The fourth-order valence-corrected chi connectivity index (χ4v) is 1.97. The fourth-order valence-electron chi connectivity index (χ4n) is 1.97. The van der Waals surface area contributed by atoms with E-state index in [1.807, 2.05) is 0 Å². The topological polar surface area (TPSA) is 26.0 Å². The SMILES string of the molecule is CCC(C)CC(N)c1ccc(C(C)(C)C)cc1. The molecule has 96 valence electrons. The van der Waals surface area contributed by atoms with Gasteiger partial charge in [-0.05, 0) is 28.9 Å². The molecule has 1 aromatic carbocycles. The van der Waals surface area contributed by atoms with Gasteiger partial charge < -0.3 is 5.73 Å². The zero-order valence-corrected chi connectivity index (χ0v) is 12.0. The Morgan fingerprint density at radius 3 is 2.06 bits per heavy atom. The summed E-state index contributed by atoms with van der Waals surface area (Å²) in [5, 5.41) is 0. The standard InChI is InChI=1S/C16H27N/c1-6-12(2)11-15(17)13-7-9-14(10-8-13)16(3,4)5/h7-10,12,15H,6,11,17H2,1-5H3. The lowest BCUT2D eigenvalue weighted by Crippen LogP contribution is -2.15. The van der Waals surface area contributed by atoms with Gasteiger partial charge in [-0.15, -0.1) is 0 Å². The minimum Gasteiger partial charge on any atom is -0.324 e. The summed E-state index contributed by atoms with van der Waals surface area (Å²) in [6.07, 6.45) is 2.28. The van der Waals surface area contributed by atoms with Crippen LogP contribution in [-0.4, -0.2) is 0 Å². The van der Waals surface area contributed by atoms with Crippen LogP contribution in [0.15, 0.2) is 24.3 Å². The van der Waals surface area contributed by atoms with E-state index in [0.717, 1.165) is 6.42 Å². The van der Waals surface area contributed by atoms with Gasteiger partial charge in [-0.3, -0.25) is 0 Å². The molecule has 2 atom stereocenters. The van der Waals surface area contributed by atoms with Gasteiger partial charge in [0, 0.05) is 6.04 Å². The van der Waals surface area contributed by atoms with Crippen LogP contribution in [0.2, 0.25) is 0 Å². The molecule has 0 spiro atoms. The van der Waals surface area contributed by atoms with Crippen LogP contribution in [0, 0.1) is 5.92 Å². The molecule has 2 N–H and O–H groups in total. The summed E-state index contributed by atoms with van der Waals surface area (Å²) in [7, 11) is 0. The first-order valence-electron chi connectivity index (χ1n) is 6.70. The molecule has 1 nitrogen and oxygen atoms in total. The first kappa shape index (κ1) is 14.2. The highest BCUT2D eigenvalue weighted by atomic mass is 14.6. The van der Waals surface area contributed by atoms with Gasteiger partial charge in [-0.25, -0.2) is 0 Å². The van der Waals surface area contributed by atoms with Crippen LogP contribution in [0.5, 0.6) is 0 Å². The minimum absolute atomic E-state index is 0.180. The molecule has 1 heteroatoms. The largest absolute Gasteiger partial charge is 0.324 e. The lowest BCUT2D eigenvalue weighted by atomic mass is 9.85. The first-order chi connectivity index (χ1) is 7.84. The maximum absolute atomic E-state index is 6.23. The second-order valence-electron chi connectivity index (χ2n) is 6.23. The Balaban J connectivity index is 2.74. The molecule has 0 aliphatic carbocycles. The van der Waals surface area contributed by atoms with Crippen molar-refractivity contribution in [2.45, 2.75) is 58.9 Å². The van der Waals surface area contributed by atoms with Crippen molar-refractivity contribution in [3.05, 3.63) is 35.4 Å². The van der Waals surface area contributed by atoms with Gasteiger partial charge in [0.1, 0.15) is 0 Å². The van der Waals surface area contributed by atoms with Crippen molar-refractivity contribution in [3.8, 4) is 0 Å². The van der Waals surface area contributed by atoms with E-state index in [0.29, 0.717) is 5.92 Å². The van der Waals surface area contributed by atoms with Crippen LogP contribution in [-0.2, 0) is 5.41 Å². The molecule has 0 saturated carbocycles. The van der Waals surface area contributed by atoms with Crippen molar-refractivity contribution in [1.82, 2.24) is 0 Å². The fraction of sp³-hybridized carbons (Fsp3) is 0.625. The van der Waals surface area contributed by atoms with Crippen molar-refractivity contribution < 1.29 is 0 Å². The van der Waals surface area contributed by atoms with Crippen LogP contribution in [0.3, 0.4) is 0 Å². The Bertz CT molecular complexity index is 332. The van der Waals surface area contributed by atoms with Crippen molar-refractivity contribution in [1.29, 1.82) is 0 Å². The average Bonchev–Trinajstić information content (AvgIpc) is 2.27. The first-order valence-corrected chi connectivity index (χ1v) is 6.70. The molecular weight excluding hydrogens is 206 g/mol. The predicted octanol–water partition coefficient (Wildman–Crippen LogP) is 4.42. The smallest absolute Gasteiger partial charge is 0.0297 e. The van der Waals surface area contributed by atoms with Crippen molar-refractivity contribution in [2.75, 3.05) is 0 Å². The number of rotatable bonds is 4. The van der Waals surface area contributed by atoms with Gasteiger partial charge in [-0.1, -0.05) is 65.3 Å². The molecule has 0 fully saturated rings. The third-order valence-electron chi connectivity index (χ3n) is 3.56. The molecular formula is C16H27N. The number of hydrogen-bond acceptors (Lipinski definition) is 1. The summed E-state index contributed by atoms with van der Waals surface area (Å²) in [6, 6.07) is 8.98. The van der Waals surface area contributed by atoms with E-state index in [1.54, 1.807) is 0 Å². The number of nitrogens with two attached hydrogens (primary N) is 1. The maximum atomic E-state index is 6.23. The number of hydrogen-bond donors (Lipinski definition) is 1. The van der Waals surface area contributed by atoms with E-state index in [9.17, 15) is 0 Å². The van der Waals surface area contributed by atoms with Gasteiger partial charge in [0.05, 0.1) is 0 Å². The van der Waals surface area contributed by atoms with Crippen LogP contribution >= 0.6 is 0 Å². The average molecular weight is 233 g/mol. The summed E-state index contributed by atoms with van der Waals surface area (Å²) >= 11 is 0. The van der Waals surface area contributed by atoms with E-state index in [2.05, 4.69) is 58.9 Å². The van der Waals surface area contributed by atoms with E-state index >= 15 is 0 Å². The van der Waals surface area contributed by atoms with Gasteiger partial charge in [-0.2, -0.15) is 0 Å². The Morgan fingerprint density at radius 2 is 1.65 bits per heavy atom. The van der Waals surface area contributed by atoms with Gasteiger partial charge in [0.15, 0.2) is 0 Å². The van der Waals surface area contributed by atoms with Crippen molar-refractivity contribution >= 4 is 0 Å². The molecule has 0 aliphatic rings. The Kier molecular flexibility index (Phi) is 4.76. The van der Waals surface area contributed by atoms with Crippen molar-refractivity contribution in [2.24, 2.45) is 11.7 Å². The summed E-state index contributed by atoms with van der Waals surface area (Å²) in [5.41, 5.74) is 9.09. The zero-order chi connectivity index (χ0) is 13.1. The molecule has 0 radical (unpaired) electrons. The van der Waals surface area contributed by atoms with E-state index in [-0.39, 0.29) is 11.5 Å². The molecule has 0 saturated heterocycles. The molecule has 2 unspecified atom stereocenters. The summed E-state index contributed by atoms with van der Waals surface area (Å²) < 4.78 is 0. The summed E-state index contributed by atoms with van der Waals surface area (Å²) in [5.74, 6) is 0.701. The van der Waals surface area contributed by atoms with Crippen LogP contribution in [0.1, 0.15) is 64.6 Å². The molecule has 0 aliphatic heterocycles. The number of benzene rings is 1. The monoisotopic (exact) mass is 233 g/mol. The summed E-state index contributed by atoms with van der Waals surface area (Å²) in [4.78, 5) is 0. The summed E-state index contributed by atoms with van der Waals surface area (Å²) in [6.45, 7) is 11.2. The van der Waals surface area contributed by atoms with E-state index in [1.165, 1.54) is 17.5 Å². The zero-order valence-electron chi connectivity index (χ0n) is 12.0. The second kappa shape index (κ2) is 5.68. The highest BCUT2D eigenvalue weighted by Gasteiger charge is 2.14. The van der Waals surface area contributed by atoms with Gasteiger partial charge in [0.25, 0.3) is 0 Å². The third-order valence-corrected chi connectivity index (χ3v) is 3.56. The molecule has 0 heterocycles. The Hall–Kier alpha value is -0.820. The Morgan fingerprint density at radius 1 is 1.12 bits per heavy atom. The minimum atomic E-state index is 0.180. The van der Waals surface area contributed by atoms with Gasteiger partial charge in [0.2, 0.25) is 0 Å². The highest BCUT2D eigenvalue weighted by molar-refractivity contribution is 5.29. The maximum Gasteiger partial charge on any atom is 0.0297 e. The lowest BCUT2D eigenvalue weighted by molar-refractivity contribution is 0.461. The predicted molar refractivity (Wildman–Crippen MR) is 76.1 cm³/mol. The molecule has 0 aromatic heterocycles. The lowest BCUT2D eigenvalue weighted by Gasteiger charge is -2.21. The molecule has 1 rings (SSSR count). The molecule has 0 amide bonds. The second-order valence-corrected chi connectivity index (χ2v) is 6.23. The van der Waals surface area contributed by atoms with Crippen LogP contribution in [0.25, 0.3) is 0 Å². The quantitative estimate of drug-likeness (QED) is 0.818.